The molecule has 0 radical (unpaired) electrons. The standard InChI is InChI=1S/C23H37N5O3/c1-2-3-4-5-6-9-12-18(15-19(29)13-10-7-8-11-14-20(30)31)28-17-27-21-22(24)25-16-26-23(21)28/h16-18H,2-15H2,1H3,(H,30,31)(H2,24,25,26). The van der Waals surface area contributed by atoms with Crippen molar-refractivity contribution in [3.8, 4) is 0 Å². The van der Waals surface area contributed by atoms with Gasteiger partial charge in [-0.05, 0) is 19.3 Å². The highest BCUT2D eigenvalue weighted by Gasteiger charge is 2.19. The molecule has 0 aliphatic carbocycles. The van der Waals surface area contributed by atoms with Crippen LogP contribution in [-0.4, -0.2) is 36.4 Å². The lowest BCUT2D eigenvalue weighted by Gasteiger charge is -2.18. The van der Waals surface area contributed by atoms with Gasteiger partial charge in [-0.25, -0.2) is 15.0 Å². The molecule has 1 unspecified atom stereocenters. The van der Waals surface area contributed by atoms with Crippen molar-refractivity contribution in [3.63, 3.8) is 0 Å². The van der Waals surface area contributed by atoms with Crippen molar-refractivity contribution in [2.75, 3.05) is 5.73 Å². The van der Waals surface area contributed by atoms with Crippen LogP contribution in [0.1, 0.15) is 103 Å². The van der Waals surface area contributed by atoms with E-state index in [-0.39, 0.29) is 18.2 Å². The highest BCUT2D eigenvalue weighted by Crippen LogP contribution is 2.26. The predicted molar refractivity (Wildman–Crippen MR) is 122 cm³/mol. The third-order valence-corrected chi connectivity index (χ3v) is 5.73. The molecule has 1 atom stereocenters. The Balaban J connectivity index is 1.91. The number of carboxylic acid groups (broad SMARTS) is 1. The van der Waals surface area contributed by atoms with Gasteiger partial charge in [0.05, 0.1) is 6.33 Å². The molecule has 0 aromatic carbocycles. The summed E-state index contributed by atoms with van der Waals surface area (Å²) in [6.07, 6.45) is 15.7. The van der Waals surface area contributed by atoms with Gasteiger partial charge < -0.3 is 15.4 Å². The molecule has 2 heterocycles. The number of aromatic nitrogens is 4. The average molecular weight is 432 g/mol. The van der Waals surface area contributed by atoms with Crippen molar-refractivity contribution in [1.82, 2.24) is 19.5 Å². The van der Waals surface area contributed by atoms with Gasteiger partial charge in [-0.15, -0.1) is 0 Å². The van der Waals surface area contributed by atoms with E-state index in [2.05, 4.69) is 21.9 Å². The molecular formula is C23H37N5O3. The van der Waals surface area contributed by atoms with Crippen molar-refractivity contribution in [2.24, 2.45) is 0 Å². The zero-order valence-corrected chi connectivity index (χ0v) is 18.8. The minimum atomic E-state index is -0.759. The number of Topliss-reactive ketones (excluding diaryl/α,β-unsaturated/α-hetero) is 1. The van der Waals surface area contributed by atoms with Gasteiger partial charge in [0.2, 0.25) is 0 Å². The molecule has 8 heteroatoms. The number of imidazole rings is 1. The molecule has 0 saturated carbocycles. The molecule has 0 amide bonds. The van der Waals surface area contributed by atoms with Crippen molar-refractivity contribution in [1.29, 1.82) is 0 Å². The summed E-state index contributed by atoms with van der Waals surface area (Å²) in [6.45, 7) is 2.21. The zero-order chi connectivity index (χ0) is 22.5. The number of rotatable bonds is 17. The number of nitrogens with zero attached hydrogens (tertiary/aromatic N) is 4. The zero-order valence-electron chi connectivity index (χ0n) is 18.8. The van der Waals surface area contributed by atoms with Gasteiger partial charge in [-0.3, -0.25) is 9.59 Å². The van der Waals surface area contributed by atoms with Crippen LogP contribution in [0, 0.1) is 0 Å². The van der Waals surface area contributed by atoms with Crippen LogP contribution < -0.4 is 5.73 Å². The number of carbonyl (C=O) groups excluding carboxylic acids is 1. The average Bonchev–Trinajstić information content (AvgIpc) is 3.17. The molecule has 2 rings (SSSR count). The summed E-state index contributed by atoms with van der Waals surface area (Å²) in [7, 11) is 0. The highest BCUT2D eigenvalue weighted by molar-refractivity contribution is 5.82. The number of carbonyl (C=O) groups is 2. The largest absolute Gasteiger partial charge is 0.481 e. The fourth-order valence-corrected chi connectivity index (χ4v) is 3.95. The third-order valence-electron chi connectivity index (χ3n) is 5.73. The Hall–Kier alpha value is -2.51. The summed E-state index contributed by atoms with van der Waals surface area (Å²) in [5.41, 5.74) is 7.20. The van der Waals surface area contributed by atoms with E-state index in [0.717, 1.165) is 38.5 Å². The van der Waals surface area contributed by atoms with Crippen LogP contribution in [0.5, 0.6) is 0 Å². The van der Waals surface area contributed by atoms with E-state index in [1.165, 1.54) is 32.0 Å². The number of hydrogen-bond donors (Lipinski definition) is 2. The molecule has 172 valence electrons. The van der Waals surface area contributed by atoms with E-state index >= 15 is 0 Å². The molecule has 0 aliphatic rings. The third kappa shape index (κ3) is 8.63. The maximum absolute atomic E-state index is 12.7. The fraction of sp³-hybridized carbons (Fsp3) is 0.696. The number of ketones is 1. The van der Waals surface area contributed by atoms with Crippen molar-refractivity contribution < 1.29 is 14.7 Å². The summed E-state index contributed by atoms with van der Waals surface area (Å²) in [4.78, 5) is 36.0. The smallest absolute Gasteiger partial charge is 0.303 e. The fourth-order valence-electron chi connectivity index (χ4n) is 3.95. The van der Waals surface area contributed by atoms with Crippen LogP contribution in [0.2, 0.25) is 0 Å². The van der Waals surface area contributed by atoms with E-state index in [9.17, 15) is 9.59 Å². The van der Waals surface area contributed by atoms with Gasteiger partial charge in [-0.2, -0.15) is 0 Å². The minimum absolute atomic E-state index is 0.0185. The van der Waals surface area contributed by atoms with Crippen LogP contribution in [0.25, 0.3) is 11.2 Å². The second-order valence-electron chi connectivity index (χ2n) is 8.34. The summed E-state index contributed by atoms with van der Waals surface area (Å²) in [6, 6.07) is 0.0185. The Kier molecular flexibility index (Phi) is 11.0. The summed E-state index contributed by atoms with van der Waals surface area (Å²) >= 11 is 0. The SMILES string of the molecule is CCCCCCCCC(CC(=O)CCCCCCC(=O)O)n1cnc2c(N)ncnc21. The van der Waals surface area contributed by atoms with Crippen molar-refractivity contribution >= 4 is 28.7 Å². The predicted octanol–water partition coefficient (Wildman–Crippen LogP) is 5.08. The lowest BCUT2D eigenvalue weighted by molar-refractivity contribution is -0.137. The summed E-state index contributed by atoms with van der Waals surface area (Å²) < 4.78 is 1.99. The van der Waals surface area contributed by atoms with E-state index in [1.54, 1.807) is 6.33 Å². The van der Waals surface area contributed by atoms with E-state index < -0.39 is 5.97 Å². The Morgan fingerprint density at radius 3 is 2.39 bits per heavy atom. The lowest BCUT2D eigenvalue weighted by Crippen LogP contribution is -2.14. The molecule has 31 heavy (non-hydrogen) atoms. The summed E-state index contributed by atoms with van der Waals surface area (Å²) in [5.74, 6) is -0.168. The number of nitrogen functional groups attached to an aromatic ring is 1. The Morgan fingerprint density at radius 1 is 0.968 bits per heavy atom. The van der Waals surface area contributed by atoms with Gasteiger partial charge in [0.25, 0.3) is 0 Å². The molecule has 8 nitrogen and oxygen atoms in total. The molecule has 3 N–H and O–H groups in total. The van der Waals surface area contributed by atoms with Gasteiger partial charge in [0, 0.05) is 25.3 Å². The van der Waals surface area contributed by atoms with Gasteiger partial charge in [0.1, 0.15) is 17.6 Å². The second kappa shape index (κ2) is 13.7. The number of fused-ring (bicyclic) bond motifs is 1. The molecule has 0 spiro atoms. The van der Waals surface area contributed by atoms with E-state index in [1.807, 2.05) is 4.57 Å². The number of nitrogens with two attached hydrogens (primary N) is 1. The molecule has 2 aromatic rings. The Labute approximate surface area is 184 Å². The number of carboxylic acids is 1. The van der Waals surface area contributed by atoms with Gasteiger partial charge in [-0.1, -0.05) is 58.3 Å². The van der Waals surface area contributed by atoms with Crippen LogP contribution in [0.4, 0.5) is 5.82 Å². The van der Waals surface area contributed by atoms with Crippen LogP contribution >= 0.6 is 0 Å². The molecule has 0 aliphatic heterocycles. The second-order valence-corrected chi connectivity index (χ2v) is 8.34. The summed E-state index contributed by atoms with van der Waals surface area (Å²) in [5, 5.41) is 8.69. The van der Waals surface area contributed by atoms with Crippen molar-refractivity contribution in [2.45, 2.75) is 103 Å². The van der Waals surface area contributed by atoms with Crippen molar-refractivity contribution in [3.05, 3.63) is 12.7 Å². The van der Waals surface area contributed by atoms with Crippen LogP contribution in [0.3, 0.4) is 0 Å². The first-order valence-corrected chi connectivity index (χ1v) is 11.7. The number of anilines is 1. The monoisotopic (exact) mass is 431 g/mol. The quantitative estimate of drug-likeness (QED) is 0.334. The molecule has 0 fully saturated rings. The molecular weight excluding hydrogens is 394 g/mol. The molecule has 2 aromatic heterocycles. The maximum atomic E-state index is 12.7. The van der Waals surface area contributed by atoms with E-state index in [4.69, 9.17) is 10.8 Å². The Bertz CT molecular complexity index is 821. The van der Waals surface area contributed by atoms with Crippen LogP contribution in [0.15, 0.2) is 12.7 Å². The lowest BCUT2D eigenvalue weighted by atomic mass is 9.99. The van der Waals surface area contributed by atoms with E-state index in [0.29, 0.717) is 36.2 Å². The first kappa shape index (κ1) is 24.8. The number of hydrogen-bond acceptors (Lipinski definition) is 6. The first-order valence-electron chi connectivity index (χ1n) is 11.7. The first-order chi connectivity index (χ1) is 15.0. The maximum Gasteiger partial charge on any atom is 0.303 e. The minimum Gasteiger partial charge on any atom is -0.481 e. The normalized spacial score (nSPS) is 12.3. The topological polar surface area (TPSA) is 124 Å². The van der Waals surface area contributed by atoms with Gasteiger partial charge in [0.15, 0.2) is 11.5 Å². The van der Waals surface area contributed by atoms with Crippen LogP contribution in [-0.2, 0) is 9.59 Å². The molecule has 0 saturated heterocycles. The Morgan fingerprint density at radius 2 is 1.65 bits per heavy atom. The number of aliphatic carboxylic acids is 1. The highest BCUT2D eigenvalue weighted by atomic mass is 16.4. The van der Waals surface area contributed by atoms with Gasteiger partial charge >= 0.3 is 5.97 Å². The number of unbranched alkanes of at least 4 members (excludes halogenated alkanes) is 8. The molecule has 0 bridgehead atoms.